The van der Waals surface area contributed by atoms with Crippen LogP contribution < -0.4 is 5.32 Å². The van der Waals surface area contributed by atoms with Crippen molar-refractivity contribution in [2.45, 2.75) is 17.4 Å². The molecule has 128 valence electrons. The van der Waals surface area contributed by atoms with Gasteiger partial charge < -0.3 is 10.1 Å². The number of alkyl halides is 1. The number of nitrogens with one attached hydrogen (secondary N) is 1. The van der Waals surface area contributed by atoms with Crippen LogP contribution in [0.3, 0.4) is 0 Å². The predicted octanol–water partition coefficient (Wildman–Crippen LogP) is 3.32. The largest absolute Gasteiger partial charge is 0.461 e. The van der Waals surface area contributed by atoms with Crippen molar-refractivity contribution in [1.82, 2.24) is 4.98 Å². The molecule has 0 spiro atoms. The van der Waals surface area contributed by atoms with E-state index in [2.05, 4.69) is 26.2 Å². The molecule has 1 N–H and O–H groups in total. The quantitative estimate of drug-likeness (QED) is 0.612. The van der Waals surface area contributed by atoms with Crippen molar-refractivity contribution in [1.29, 1.82) is 0 Å². The van der Waals surface area contributed by atoms with E-state index in [1.165, 1.54) is 11.3 Å². The number of halogens is 1. The molecule has 0 unspecified atom stereocenters. The number of benzene rings is 1. The maximum absolute atomic E-state index is 12.9. The average molecular weight is 419 g/mol. The SMILES string of the molecule is O=C(Nc1nc(-c2ccccc2)cs1)[C@@H]1[C@@H]2C[C@H]3[C@H](OC(=O)[C@@H]31)[C@@H]2Br. The molecule has 1 saturated heterocycles. The van der Waals surface area contributed by atoms with Gasteiger partial charge >= 0.3 is 5.97 Å². The van der Waals surface area contributed by atoms with Gasteiger partial charge in [0.15, 0.2) is 5.13 Å². The van der Waals surface area contributed by atoms with Crippen molar-refractivity contribution in [3.05, 3.63) is 35.7 Å². The van der Waals surface area contributed by atoms with Gasteiger partial charge in [0.05, 0.1) is 22.4 Å². The maximum Gasteiger partial charge on any atom is 0.310 e. The Bertz CT molecular complexity index is 855. The molecule has 2 aromatic rings. The molecule has 1 aliphatic heterocycles. The molecule has 5 nitrogen and oxygen atoms in total. The molecule has 3 aliphatic rings. The number of carbonyl (C=O) groups is 2. The smallest absolute Gasteiger partial charge is 0.310 e. The average Bonchev–Trinajstić information content (AvgIpc) is 3.34. The second-order valence-electron chi connectivity index (χ2n) is 6.85. The molecule has 1 amide bonds. The summed E-state index contributed by atoms with van der Waals surface area (Å²) >= 11 is 5.04. The van der Waals surface area contributed by atoms with Crippen LogP contribution >= 0.6 is 27.3 Å². The summed E-state index contributed by atoms with van der Waals surface area (Å²) in [6, 6.07) is 9.85. The van der Waals surface area contributed by atoms with Gasteiger partial charge in [-0.1, -0.05) is 46.3 Å². The number of hydrogen-bond donors (Lipinski definition) is 1. The fraction of sp³-hybridized carbons (Fsp3) is 0.389. The fourth-order valence-corrected chi connectivity index (χ4v) is 6.36. The minimum absolute atomic E-state index is 0.0592. The Balaban J connectivity index is 1.36. The van der Waals surface area contributed by atoms with Gasteiger partial charge in [0.25, 0.3) is 0 Å². The Morgan fingerprint density at radius 1 is 1.28 bits per heavy atom. The van der Waals surface area contributed by atoms with Crippen LogP contribution in [-0.4, -0.2) is 27.8 Å². The van der Waals surface area contributed by atoms with Gasteiger partial charge in [0.2, 0.25) is 5.91 Å². The number of nitrogens with zero attached hydrogens (tertiary/aromatic N) is 1. The van der Waals surface area contributed by atoms with Crippen LogP contribution in [0.5, 0.6) is 0 Å². The van der Waals surface area contributed by atoms with Gasteiger partial charge in [0.1, 0.15) is 6.10 Å². The first-order valence-corrected chi connectivity index (χ1v) is 10.1. The normalized spacial score (nSPS) is 35.0. The number of rotatable bonds is 3. The van der Waals surface area contributed by atoms with Gasteiger partial charge in [0, 0.05) is 16.9 Å². The lowest BCUT2D eigenvalue weighted by Crippen LogP contribution is -2.40. The monoisotopic (exact) mass is 418 g/mol. The zero-order valence-corrected chi connectivity index (χ0v) is 15.5. The first-order valence-electron chi connectivity index (χ1n) is 8.30. The molecule has 25 heavy (non-hydrogen) atoms. The summed E-state index contributed by atoms with van der Waals surface area (Å²) < 4.78 is 5.47. The standard InChI is InChI=1S/C18H15BrN2O3S/c19-14-9-6-10-13(17(23)24-15(10)14)12(9)16(22)21-18-20-11(7-25-18)8-4-2-1-3-5-8/h1-5,7,9-10,12-15H,6H2,(H,20,21,22)/t9-,10+,12+,13-,14+,15-/m0/s1. The molecule has 2 aliphatic carbocycles. The Morgan fingerprint density at radius 3 is 2.88 bits per heavy atom. The highest BCUT2D eigenvalue weighted by Crippen LogP contribution is 2.60. The lowest BCUT2D eigenvalue weighted by molar-refractivity contribution is -0.145. The van der Waals surface area contributed by atoms with Gasteiger partial charge in [-0.25, -0.2) is 4.98 Å². The van der Waals surface area contributed by atoms with E-state index in [4.69, 9.17) is 4.74 Å². The van der Waals surface area contributed by atoms with Crippen LogP contribution in [-0.2, 0) is 14.3 Å². The van der Waals surface area contributed by atoms with Gasteiger partial charge in [-0.15, -0.1) is 11.3 Å². The molecule has 6 atom stereocenters. The fourth-order valence-electron chi connectivity index (χ4n) is 4.59. The topological polar surface area (TPSA) is 68.3 Å². The zero-order chi connectivity index (χ0) is 17.1. The number of aromatic nitrogens is 1. The summed E-state index contributed by atoms with van der Waals surface area (Å²) in [4.78, 5) is 29.6. The third kappa shape index (κ3) is 2.29. The Kier molecular flexibility index (Phi) is 3.50. The van der Waals surface area contributed by atoms with E-state index in [0.717, 1.165) is 17.7 Å². The summed E-state index contributed by atoms with van der Waals surface area (Å²) in [6.45, 7) is 0. The highest BCUT2D eigenvalue weighted by atomic mass is 79.9. The summed E-state index contributed by atoms with van der Waals surface area (Å²) in [7, 11) is 0. The van der Waals surface area contributed by atoms with E-state index in [-0.39, 0.29) is 46.5 Å². The Labute approximate surface area is 156 Å². The molecular weight excluding hydrogens is 404 g/mol. The van der Waals surface area contributed by atoms with Crippen LogP contribution in [0.2, 0.25) is 0 Å². The lowest BCUT2D eigenvalue weighted by atomic mass is 9.79. The molecule has 2 saturated carbocycles. The highest BCUT2D eigenvalue weighted by molar-refractivity contribution is 9.09. The summed E-state index contributed by atoms with van der Waals surface area (Å²) in [5, 5.41) is 5.42. The number of anilines is 1. The summed E-state index contributed by atoms with van der Waals surface area (Å²) in [6.07, 6.45) is 0.818. The van der Waals surface area contributed by atoms with Crippen molar-refractivity contribution in [2.24, 2.45) is 23.7 Å². The number of hydrogen-bond acceptors (Lipinski definition) is 5. The van der Waals surface area contributed by atoms with Crippen molar-refractivity contribution >= 4 is 44.3 Å². The number of amides is 1. The van der Waals surface area contributed by atoms with E-state index in [1.807, 2.05) is 35.7 Å². The van der Waals surface area contributed by atoms with E-state index in [9.17, 15) is 9.59 Å². The molecule has 2 bridgehead atoms. The minimum Gasteiger partial charge on any atom is -0.461 e. The second kappa shape index (κ2) is 5.64. The van der Waals surface area contributed by atoms with E-state index in [1.54, 1.807) is 0 Å². The van der Waals surface area contributed by atoms with Gasteiger partial charge in [-0.3, -0.25) is 9.59 Å². The lowest BCUT2D eigenvalue weighted by Gasteiger charge is -2.27. The van der Waals surface area contributed by atoms with Crippen molar-refractivity contribution in [2.75, 3.05) is 5.32 Å². The molecule has 3 fully saturated rings. The summed E-state index contributed by atoms with van der Waals surface area (Å²) in [5.41, 5.74) is 1.86. The first-order chi connectivity index (χ1) is 12.1. The minimum atomic E-state index is -0.329. The van der Waals surface area contributed by atoms with E-state index in [0.29, 0.717) is 5.13 Å². The van der Waals surface area contributed by atoms with E-state index < -0.39 is 0 Å². The van der Waals surface area contributed by atoms with Crippen LogP contribution in [0.15, 0.2) is 35.7 Å². The number of thiazole rings is 1. The van der Waals surface area contributed by atoms with Crippen molar-refractivity contribution < 1.29 is 14.3 Å². The van der Waals surface area contributed by atoms with Crippen LogP contribution in [0, 0.1) is 23.7 Å². The second-order valence-corrected chi connectivity index (χ2v) is 8.77. The van der Waals surface area contributed by atoms with Crippen LogP contribution in [0.4, 0.5) is 5.13 Å². The number of ether oxygens (including phenoxy) is 1. The molecular formula is C18H15BrN2O3S. The number of esters is 1. The first kappa shape index (κ1) is 15.5. The molecule has 1 aromatic carbocycles. The zero-order valence-electron chi connectivity index (χ0n) is 13.1. The Hall–Kier alpha value is -1.73. The van der Waals surface area contributed by atoms with Gasteiger partial charge in [-0.05, 0) is 12.3 Å². The molecule has 5 rings (SSSR count). The maximum atomic E-state index is 12.9. The third-order valence-corrected chi connectivity index (χ3v) is 7.59. The van der Waals surface area contributed by atoms with Crippen molar-refractivity contribution in [3.63, 3.8) is 0 Å². The summed E-state index contributed by atoms with van der Waals surface area (Å²) in [5.74, 6) is -0.632. The van der Waals surface area contributed by atoms with Crippen molar-refractivity contribution in [3.8, 4) is 11.3 Å². The van der Waals surface area contributed by atoms with Crippen LogP contribution in [0.1, 0.15) is 6.42 Å². The number of carbonyl (C=O) groups excluding carboxylic acids is 2. The van der Waals surface area contributed by atoms with E-state index >= 15 is 0 Å². The molecule has 2 heterocycles. The van der Waals surface area contributed by atoms with Gasteiger partial charge in [-0.2, -0.15) is 0 Å². The Morgan fingerprint density at radius 2 is 2.08 bits per heavy atom. The third-order valence-electron chi connectivity index (χ3n) is 5.63. The molecule has 1 aromatic heterocycles. The number of fused-ring (bicyclic) bond motifs is 1. The highest BCUT2D eigenvalue weighted by Gasteiger charge is 2.67. The molecule has 7 heteroatoms. The predicted molar refractivity (Wildman–Crippen MR) is 97.4 cm³/mol. The molecule has 0 radical (unpaired) electrons. The van der Waals surface area contributed by atoms with Crippen LogP contribution in [0.25, 0.3) is 11.3 Å².